The molecule has 1 aromatic rings. The fourth-order valence-electron chi connectivity index (χ4n) is 2.30. The van der Waals surface area contributed by atoms with Crippen LogP contribution in [0, 0.1) is 6.92 Å². The topological polar surface area (TPSA) is 63.4 Å². The number of nitrogens with zero attached hydrogens (tertiary/aromatic N) is 1. The van der Waals surface area contributed by atoms with Crippen LogP contribution in [0.25, 0.3) is 0 Å². The lowest BCUT2D eigenvalue weighted by Gasteiger charge is -2.22. The first-order valence-electron chi connectivity index (χ1n) is 6.37. The number of amides is 2. The molecular weight excluding hydrogens is 260 g/mol. The van der Waals surface area contributed by atoms with E-state index in [1.54, 1.807) is 4.90 Å². The summed E-state index contributed by atoms with van der Waals surface area (Å²) in [6.45, 7) is 2.66. The van der Waals surface area contributed by atoms with E-state index in [2.05, 4.69) is 0 Å². The molecule has 1 aliphatic heterocycles. The third kappa shape index (κ3) is 3.29. The maximum Gasteiger partial charge on any atom is 0.240 e. The summed E-state index contributed by atoms with van der Waals surface area (Å²) >= 11 is 1.51. The predicted octanol–water partition coefficient (Wildman–Crippen LogP) is 1.56. The summed E-state index contributed by atoms with van der Waals surface area (Å²) < 4.78 is 0. The third-order valence-electron chi connectivity index (χ3n) is 3.35. The highest BCUT2D eigenvalue weighted by atomic mass is 32.2. The number of carbonyl (C=O) groups is 2. The summed E-state index contributed by atoms with van der Waals surface area (Å²) in [6, 6.07) is 7.55. The first-order chi connectivity index (χ1) is 9.09. The van der Waals surface area contributed by atoms with Gasteiger partial charge in [0.15, 0.2) is 0 Å². The van der Waals surface area contributed by atoms with E-state index in [1.165, 1.54) is 11.8 Å². The molecule has 0 aliphatic carbocycles. The zero-order valence-electron chi connectivity index (χ0n) is 11.0. The highest BCUT2D eigenvalue weighted by molar-refractivity contribution is 8.00. The Morgan fingerprint density at radius 3 is 2.84 bits per heavy atom. The van der Waals surface area contributed by atoms with Crippen LogP contribution >= 0.6 is 11.8 Å². The minimum Gasteiger partial charge on any atom is -0.368 e. The van der Waals surface area contributed by atoms with Crippen molar-refractivity contribution < 1.29 is 9.59 Å². The lowest BCUT2D eigenvalue weighted by atomic mass is 10.2. The Morgan fingerprint density at radius 1 is 1.42 bits per heavy atom. The smallest absolute Gasteiger partial charge is 0.240 e. The molecule has 0 saturated carbocycles. The van der Waals surface area contributed by atoms with E-state index in [0.29, 0.717) is 18.7 Å². The SMILES string of the molecule is Cc1ccccc1SCC(=O)N1CCCC1C(N)=O. The van der Waals surface area contributed by atoms with E-state index >= 15 is 0 Å². The number of carbonyl (C=O) groups excluding carboxylic acids is 2. The zero-order chi connectivity index (χ0) is 13.8. The van der Waals surface area contributed by atoms with Crippen molar-refractivity contribution in [3.05, 3.63) is 29.8 Å². The van der Waals surface area contributed by atoms with E-state index in [0.717, 1.165) is 16.9 Å². The molecule has 0 radical (unpaired) electrons. The second kappa shape index (κ2) is 6.10. The van der Waals surface area contributed by atoms with Crippen LogP contribution in [0.15, 0.2) is 29.2 Å². The number of benzene rings is 1. The van der Waals surface area contributed by atoms with Crippen molar-refractivity contribution >= 4 is 23.6 Å². The lowest BCUT2D eigenvalue weighted by Crippen LogP contribution is -2.44. The number of primary amides is 1. The van der Waals surface area contributed by atoms with E-state index in [9.17, 15) is 9.59 Å². The summed E-state index contributed by atoms with van der Waals surface area (Å²) in [4.78, 5) is 26.1. The number of aryl methyl sites for hydroxylation is 1. The fourth-order valence-corrected chi connectivity index (χ4v) is 3.22. The molecule has 1 aromatic carbocycles. The number of hydrogen-bond acceptors (Lipinski definition) is 3. The van der Waals surface area contributed by atoms with Gasteiger partial charge in [0.1, 0.15) is 6.04 Å². The third-order valence-corrected chi connectivity index (χ3v) is 4.51. The summed E-state index contributed by atoms with van der Waals surface area (Å²) in [5.74, 6) is -0.0458. The Bertz CT molecular complexity index is 490. The highest BCUT2D eigenvalue weighted by Crippen LogP contribution is 2.24. The molecule has 0 aromatic heterocycles. The van der Waals surface area contributed by atoms with Crippen molar-refractivity contribution in [1.29, 1.82) is 0 Å². The van der Waals surface area contributed by atoms with Crippen LogP contribution in [0.2, 0.25) is 0 Å². The van der Waals surface area contributed by atoms with Crippen molar-refractivity contribution in [2.45, 2.75) is 30.7 Å². The summed E-state index contributed by atoms with van der Waals surface area (Å²) in [5, 5.41) is 0. The second-order valence-corrected chi connectivity index (χ2v) is 5.72. The van der Waals surface area contributed by atoms with Gasteiger partial charge in [0.2, 0.25) is 11.8 Å². The Kier molecular flexibility index (Phi) is 4.47. The molecule has 102 valence electrons. The molecule has 2 N–H and O–H groups in total. The number of nitrogens with two attached hydrogens (primary N) is 1. The second-order valence-electron chi connectivity index (χ2n) is 4.70. The molecular formula is C14H18N2O2S. The van der Waals surface area contributed by atoms with Crippen LogP contribution in [0.3, 0.4) is 0 Å². The summed E-state index contributed by atoms with van der Waals surface area (Å²) in [6.07, 6.45) is 1.55. The molecule has 0 spiro atoms. The predicted molar refractivity (Wildman–Crippen MR) is 75.8 cm³/mol. The van der Waals surface area contributed by atoms with Gasteiger partial charge in [0.25, 0.3) is 0 Å². The van der Waals surface area contributed by atoms with Crippen LogP contribution in [0.1, 0.15) is 18.4 Å². The quantitative estimate of drug-likeness (QED) is 0.850. The van der Waals surface area contributed by atoms with Gasteiger partial charge in [-0.3, -0.25) is 9.59 Å². The van der Waals surface area contributed by atoms with Gasteiger partial charge >= 0.3 is 0 Å². The van der Waals surface area contributed by atoms with Crippen molar-refractivity contribution in [3.63, 3.8) is 0 Å². The Morgan fingerprint density at radius 2 is 2.16 bits per heavy atom. The molecule has 1 aliphatic rings. The summed E-state index contributed by atoms with van der Waals surface area (Å²) in [7, 11) is 0. The van der Waals surface area contributed by atoms with Gasteiger partial charge in [-0.2, -0.15) is 0 Å². The Balaban J connectivity index is 1.95. The minimum absolute atomic E-state index is 0.00504. The maximum atomic E-state index is 12.1. The lowest BCUT2D eigenvalue weighted by molar-refractivity contribution is -0.135. The van der Waals surface area contributed by atoms with Crippen LogP contribution in [0.5, 0.6) is 0 Å². The first kappa shape index (κ1) is 13.9. The largest absolute Gasteiger partial charge is 0.368 e. The molecule has 1 atom stereocenters. The normalized spacial score (nSPS) is 18.6. The minimum atomic E-state index is -0.412. The molecule has 2 rings (SSSR count). The molecule has 5 heteroatoms. The average molecular weight is 278 g/mol. The molecule has 1 saturated heterocycles. The molecule has 2 amide bonds. The molecule has 0 bridgehead atoms. The van der Waals surface area contributed by atoms with Gasteiger partial charge in [0, 0.05) is 11.4 Å². The Labute approximate surface area is 117 Å². The monoisotopic (exact) mass is 278 g/mol. The summed E-state index contributed by atoms with van der Waals surface area (Å²) in [5.41, 5.74) is 6.48. The van der Waals surface area contributed by atoms with Gasteiger partial charge in [-0.1, -0.05) is 18.2 Å². The van der Waals surface area contributed by atoms with Crippen LogP contribution in [0.4, 0.5) is 0 Å². The van der Waals surface area contributed by atoms with Crippen molar-refractivity contribution in [1.82, 2.24) is 4.90 Å². The van der Waals surface area contributed by atoms with Gasteiger partial charge in [-0.15, -0.1) is 11.8 Å². The van der Waals surface area contributed by atoms with Crippen molar-refractivity contribution in [2.75, 3.05) is 12.3 Å². The van der Waals surface area contributed by atoms with Crippen LogP contribution in [-0.2, 0) is 9.59 Å². The van der Waals surface area contributed by atoms with Crippen LogP contribution < -0.4 is 5.73 Å². The van der Waals surface area contributed by atoms with Gasteiger partial charge < -0.3 is 10.6 Å². The van der Waals surface area contributed by atoms with E-state index < -0.39 is 11.9 Å². The molecule has 1 fully saturated rings. The van der Waals surface area contributed by atoms with E-state index in [-0.39, 0.29) is 5.91 Å². The van der Waals surface area contributed by atoms with Gasteiger partial charge in [-0.05, 0) is 31.4 Å². The zero-order valence-corrected chi connectivity index (χ0v) is 11.8. The average Bonchev–Trinajstić information content (AvgIpc) is 2.87. The van der Waals surface area contributed by atoms with Crippen molar-refractivity contribution in [3.8, 4) is 0 Å². The molecule has 19 heavy (non-hydrogen) atoms. The number of rotatable bonds is 4. The first-order valence-corrected chi connectivity index (χ1v) is 7.35. The van der Waals surface area contributed by atoms with E-state index in [4.69, 9.17) is 5.73 Å². The fraction of sp³-hybridized carbons (Fsp3) is 0.429. The molecule has 4 nitrogen and oxygen atoms in total. The number of thioether (sulfide) groups is 1. The van der Waals surface area contributed by atoms with Gasteiger partial charge in [-0.25, -0.2) is 0 Å². The number of likely N-dealkylation sites (tertiary alicyclic amines) is 1. The van der Waals surface area contributed by atoms with Crippen LogP contribution in [-0.4, -0.2) is 35.1 Å². The Hall–Kier alpha value is -1.49. The van der Waals surface area contributed by atoms with Gasteiger partial charge in [0.05, 0.1) is 5.75 Å². The number of hydrogen-bond donors (Lipinski definition) is 1. The maximum absolute atomic E-state index is 12.1. The van der Waals surface area contributed by atoms with Crippen molar-refractivity contribution in [2.24, 2.45) is 5.73 Å². The molecule has 1 unspecified atom stereocenters. The highest BCUT2D eigenvalue weighted by Gasteiger charge is 2.32. The standard InChI is InChI=1S/C14H18N2O2S/c1-10-5-2-3-7-12(10)19-9-13(17)16-8-4-6-11(16)14(15)18/h2-3,5,7,11H,4,6,8-9H2,1H3,(H2,15,18). The molecule has 1 heterocycles. The van der Waals surface area contributed by atoms with E-state index in [1.807, 2.05) is 31.2 Å².